The molecule has 0 rings (SSSR count). The van der Waals surface area contributed by atoms with Gasteiger partial charge in [0.05, 0.1) is 0 Å². The fraction of sp³-hybridized carbons (Fsp3) is 1.00. The third-order valence-electron chi connectivity index (χ3n) is 1.01. The van der Waals surface area contributed by atoms with Gasteiger partial charge in [0, 0.05) is 5.88 Å². The molecule has 0 amide bonds. The van der Waals surface area contributed by atoms with Crippen molar-refractivity contribution >= 4 is 12.6 Å². The highest BCUT2D eigenvalue weighted by molar-refractivity contribution is 7.80. The predicted molar refractivity (Wildman–Crippen MR) is 41.3 cm³/mol. The van der Waals surface area contributed by atoms with Crippen molar-refractivity contribution < 1.29 is 0 Å². The van der Waals surface area contributed by atoms with Crippen LogP contribution >= 0.6 is 12.6 Å². The first-order valence-electron chi connectivity index (χ1n) is 3.09. The maximum absolute atomic E-state index is 4.01. The van der Waals surface area contributed by atoms with E-state index in [2.05, 4.69) is 31.8 Å². The van der Waals surface area contributed by atoms with Gasteiger partial charge in [-0.1, -0.05) is 13.8 Å². The van der Waals surface area contributed by atoms with Crippen LogP contribution in [0.15, 0.2) is 0 Å². The second-order valence-corrected chi connectivity index (χ2v) is 2.66. The van der Waals surface area contributed by atoms with Gasteiger partial charge in [0.2, 0.25) is 0 Å². The van der Waals surface area contributed by atoms with E-state index in [-0.39, 0.29) is 0 Å². The van der Waals surface area contributed by atoms with Gasteiger partial charge in [0.15, 0.2) is 0 Å². The summed E-state index contributed by atoms with van der Waals surface area (Å²) in [7, 11) is 0. The van der Waals surface area contributed by atoms with Crippen LogP contribution in [-0.4, -0.2) is 12.4 Å². The Morgan fingerprint density at radius 2 is 2.12 bits per heavy atom. The van der Waals surface area contributed by atoms with Gasteiger partial charge in [0.25, 0.3) is 0 Å². The van der Waals surface area contributed by atoms with E-state index in [9.17, 15) is 0 Å². The van der Waals surface area contributed by atoms with Crippen molar-refractivity contribution in [2.24, 2.45) is 5.92 Å². The fourth-order valence-corrected chi connectivity index (χ4v) is 0.628. The minimum absolute atomic E-state index is 0.798. The Bertz CT molecular complexity index is 45.8. The molecule has 0 aliphatic rings. The minimum atomic E-state index is 0.798. The predicted octanol–water partition coefficient (Wildman–Crippen LogP) is 1.51. The van der Waals surface area contributed by atoms with E-state index < -0.39 is 0 Å². The summed E-state index contributed by atoms with van der Waals surface area (Å²) < 4.78 is 0. The van der Waals surface area contributed by atoms with Gasteiger partial charge in [0.1, 0.15) is 0 Å². The van der Waals surface area contributed by atoms with E-state index in [1.807, 2.05) is 0 Å². The topological polar surface area (TPSA) is 12.0 Å². The highest BCUT2D eigenvalue weighted by Gasteiger charge is 1.89. The number of thiol groups is 1. The zero-order chi connectivity index (χ0) is 6.41. The van der Waals surface area contributed by atoms with Crippen LogP contribution in [0.25, 0.3) is 0 Å². The molecule has 2 heteroatoms. The van der Waals surface area contributed by atoms with Crippen molar-refractivity contribution in [2.45, 2.75) is 20.3 Å². The van der Waals surface area contributed by atoms with Gasteiger partial charge in [-0.15, -0.1) is 0 Å². The lowest BCUT2D eigenvalue weighted by Gasteiger charge is -2.02. The number of rotatable bonds is 4. The Morgan fingerprint density at radius 3 is 2.50 bits per heavy atom. The highest BCUT2D eigenvalue weighted by Crippen LogP contribution is 1.95. The molecule has 0 aliphatic heterocycles. The molecule has 0 aromatic heterocycles. The first kappa shape index (κ1) is 8.31. The summed E-state index contributed by atoms with van der Waals surface area (Å²) in [5, 5.41) is 3.14. The molecule has 0 aromatic carbocycles. The average molecular weight is 133 g/mol. The lowest BCUT2D eigenvalue weighted by molar-refractivity contribution is 0.559. The van der Waals surface area contributed by atoms with Crippen LogP contribution in [0.5, 0.6) is 0 Å². The SMILES string of the molecule is CC(C)CCNCS. The lowest BCUT2D eigenvalue weighted by Crippen LogP contribution is -2.14. The summed E-state index contributed by atoms with van der Waals surface area (Å²) in [6, 6.07) is 0. The van der Waals surface area contributed by atoms with Gasteiger partial charge in [-0.2, -0.15) is 12.6 Å². The van der Waals surface area contributed by atoms with Gasteiger partial charge in [-0.05, 0) is 18.9 Å². The molecule has 0 aliphatic carbocycles. The Kier molecular flexibility index (Phi) is 5.66. The molecule has 0 heterocycles. The van der Waals surface area contributed by atoms with Gasteiger partial charge < -0.3 is 5.32 Å². The molecule has 0 saturated heterocycles. The molecule has 0 saturated carbocycles. The number of nitrogens with one attached hydrogen (secondary N) is 1. The molecular weight excluding hydrogens is 118 g/mol. The standard InChI is InChI=1S/C6H15NS/c1-6(2)3-4-7-5-8/h6-8H,3-5H2,1-2H3. The van der Waals surface area contributed by atoms with Gasteiger partial charge in [-0.3, -0.25) is 0 Å². The largest absolute Gasteiger partial charge is 0.308 e. The molecule has 0 aromatic rings. The molecule has 0 bridgehead atoms. The van der Waals surface area contributed by atoms with E-state index in [0.717, 1.165) is 18.3 Å². The van der Waals surface area contributed by atoms with Gasteiger partial charge in [-0.25, -0.2) is 0 Å². The minimum Gasteiger partial charge on any atom is -0.308 e. The molecule has 0 atom stereocenters. The Morgan fingerprint density at radius 1 is 1.50 bits per heavy atom. The van der Waals surface area contributed by atoms with Crippen LogP contribution in [0, 0.1) is 5.92 Å². The zero-order valence-electron chi connectivity index (χ0n) is 5.65. The molecule has 50 valence electrons. The third-order valence-corrected chi connectivity index (χ3v) is 1.23. The average Bonchev–Trinajstić information content (AvgIpc) is 1.66. The molecule has 0 unspecified atom stereocenters. The van der Waals surface area contributed by atoms with Crippen molar-refractivity contribution in [3.63, 3.8) is 0 Å². The molecule has 1 N–H and O–H groups in total. The quantitative estimate of drug-likeness (QED) is 0.336. The first-order valence-corrected chi connectivity index (χ1v) is 3.72. The maximum Gasteiger partial charge on any atom is 0.0387 e. The van der Waals surface area contributed by atoms with E-state index in [1.54, 1.807) is 0 Å². The van der Waals surface area contributed by atoms with Crippen LogP contribution in [0.4, 0.5) is 0 Å². The van der Waals surface area contributed by atoms with Crippen molar-refractivity contribution in [1.82, 2.24) is 5.32 Å². The number of hydrogen-bond donors (Lipinski definition) is 2. The monoisotopic (exact) mass is 133 g/mol. The molecule has 1 nitrogen and oxygen atoms in total. The van der Waals surface area contributed by atoms with Crippen molar-refractivity contribution in [2.75, 3.05) is 12.4 Å². The van der Waals surface area contributed by atoms with Crippen LogP contribution < -0.4 is 5.32 Å². The summed E-state index contributed by atoms with van der Waals surface area (Å²) in [6.45, 7) is 5.54. The fourth-order valence-electron chi connectivity index (χ4n) is 0.470. The smallest absolute Gasteiger partial charge is 0.0387 e. The molecule has 8 heavy (non-hydrogen) atoms. The Hall–Kier alpha value is 0.310. The van der Waals surface area contributed by atoms with Crippen LogP contribution in [0.3, 0.4) is 0 Å². The molecular formula is C6H15NS. The summed E-state index contributed by atoms with van der Waals surface area (Å²) >= 11 is 4.01. The highest BCUT2D eigenvalue weighted by atomic mass is 32.1. The summed E-state index contributed by atoms with van der Waals surface area (Å²) in [5.74, 6) is 1.61. The van der Waals surface area contributed by atoms with E-state index in [4.69, 9.17) is 0 Å². The molecule has 0 fully saturated rings. The lowest BCUT2D eigenvalue weighted by atomic mass is 10.1. The second-order valence-electron chi connectivity index (χ2n) is 2.34. The molecule has 0 radical (unpaired) electrons. The molecule has 0 spiro atoms. The maximum atomic E-state index is 4.01. The van der Waals surface area contributed by atoms with Crippen LogP contribution in [-0.2, 0) is 0 Å². The van der Waals surface area contributed by atoms with Crippen molar-refractivity contribution in [3.05, 3.63) is 0 Å². The third kappa shape index (κ3) is 6.31. The van der Waals surface area contributed by atoms with Crippen molar-refractivity contribution in [3.8, 4) is 0 Å². The summed E-state index contributed by atoms with van der Waals surface area (Å²) in [4.78, 5) is 0. The zero-order valence-corrected chi connectivity index (χ0v) is 6.54. The number of hydrogen-bond acceptors (Lipinski definition) is 2. The second kappa shape index (κ2) is 5.45. The van der Waals surface area contributed by atoms with E-state index in [1.165, 1.54) is 6.42 Å². The van der Waals surface area contributed by atoms with Crippen LogP contribution in [0.2, 0.25) is 0 Å². The Balaban J connectivity index is 2.72. The van der Waals surface area contributed by atoms with Crippen LogP contribution in [0.1, 0.15) is 20.3 Å². The Labute approximate surface area is 57.3 Å². The van der Waals surface area contributed by atoms with Gasteiger partial charge >= 0.3 is 0 Å². The van der Waals surface area contributed by atoms with E-state index >= 15 is 0 Å². The first-order chi connectivity index (χ1) is 3.77. The normalized spacial score (nSPS) is 10.5. The summed E-state index contributed by atoms with van der Waals surface area (Å²) in [6.07, 6.45) is 1.25. The summed E-state index contributed by atoms with van der Waals surface area (Å²) in [5.41, 5.74) is 0. The van der Waals surface area contributed by atoms with E-state index in [0.29, 0.717) is 0 Å². The van der Waals surface area contributed by atoms with Crippen molar-refractivity contribution in [1.29, 1.82) is 0 Å².